The summed E-state index contributed by atoms with van der Waals surface area (Å²) in [6.45, 7) is 2.05. The molecule has 0 amide bonds. The normalized spacial score (nSPS) is 12.8. The molecule has 1 aromatic carbocycles. The molecule has 1 rings (SSSR count). The molecule has 1 N–H and O–H groups in total. The van der Waals surface area contributed by atoms with E-state index in [1.54, 1.807) is 19.0 Å². The van der Waals surface area contributed by atoms with E-state index < -0.39 is 12.0 Å². The molecular weight excluding hydrogens is 202 g/mol. The number of carboxylic acids is 1. The zero-order valence-electron chi connectivity index (χ0n) is 10.1. The summed E-state index contributed by atoms with van der Waals surface area (Å²) in [6, 6.07) is 7.83. The van der Waals surface area contributed by atoms with E-state index in [0.29, 0.717) is 6.42 Å². The molecule has 0 spiro atoms. The summed E-state index contributed by atoms with van der Waals surface area (Å²) in [4.78, 5) is 12.7. The van der Waals surface area contributed by atoms with Gasteiger partial charge in [-0.25, -0.2) is 0 Å². The van der Waals surface area contributed by atoms with E-state index in [1.165, 1.54) is 11.1 Å². The van der Waals surface area contributed by atoms with Gasteiger partial charge in [-0.15, -0.1) is 0 Å². The smallest absolute Gasteiger partial charge is 0.320 e. The van der Waals surface area contributed by atoms with E-state index in [0.717, 1.165) is 6.42 Å². The summed E-state index contributed by atoms with van der Waals surface area (Å²) in [7, 11) is 3.60. The van der Waals surface area contributed by atoms with E-state index >= 15 is 0 Å². The van der Waals surface area contributed by atoms with Crippen LogP contribution in [0.15, 0.2) is 24.3 Å². The van der Waals surface area contributed by atoms with Gasteiger partial charge in [0, 0.05) is 0 Å². The second kappa shape index (κ2) is 5.66. The number of benzene rings is 1. The first-order valence-electron chi connectivity index (χ1n) is 5.45. The van der Waals surface area contributed by atoms with Crippen molar-refractivity contribution < 1.29 is 9.90 Å². The molecule has 1 atom stereocenters. The molecule has 0 aliphatic heterocycles. The predicted octanol–water partition coefficient (Wildman–Crippen LogP) is 1.94. The second-order valence-electron chi connectivity index (χ2n) is 4.34. The Kier molecular flexibility index (Phi) is 4.50. The fourth-order valence-corrected chi connectivity index (χ4v) is 1.66. The number of carboxylic acid groups (broad SMARTS) is 1. The molecule has 0 aliphatic carbocycles. The van der Waals surface area contributed by atoms with Crippen molar-refractivity contribution in [3.8, 4) is 0 Å². The molecular formula is C13H19NO2. The lowest BCUT2D eigenvalue weighted by atomic mass is 10.0. The molecule has 0 aromatic heterocycles. The molecule has 0 bridgehead atoms. The average Bonchev–Trinajstić information content (AvgIpc) is 2.20. The van der Waals surface area contributed by atoms with Crippen LogP contribution in [-0.2, 0) is 11.2 Å². The maximum absolute atomic E-state index is 11.0. The maximum Gasteiger partial charge on any atom is 0.320 e. The van der Waals surface area contributed by atoms with Crippen molar-refractivity contribution >= 4 is 5.97 Å². The van der Waals surface area contributed by atoms with Gasteiger partial charge in [0.1, 0.15) is 6.04 Å². The van der Waals surface area contributed by atoms with E-state index in [-0.39, 0.29) is 0 Å². The molecule has 3 nitrogen and oxygen atoms in total. The Balaban J connectivity index is 2.55. The van der Waals surface area contributed by atoms with E-state index in [4.69, 9.17) is 5.11 Å². The number of likely N-dealkylation sites (N-methyl/N-ethyl adjacent to an activating group) is 1. The number of nitrogens with zero attached hydrogens (tertiary/aromatic N) is 1. The largest absolute Gasteiger partial charge is 0.480 e. The highest BCUT2D eigenvalue weighted by atomic mass is 16.4. The summed E-state index contributed by atoms with van der Waals surface area (Å²) in [5.74, 6) is -0.753. The highest BCUT2D eigenvalue weighted by Gasteiger charge is 2.18. The van der Waals surface area contributed by atoms with Crippen LogP contribution in [0.2, 0.25) is 0 Å². The van der Waals surface area contributed by atoms with Crippen molar-refractivity contribution in [2.75, 3.05) is 14.1 Å². The summed E-state index contributed by atoms with van der Waals surface area (Å²) in [6.07, 6.45) is 1.45. The van der Waals surface area contributed by atoms with Crippen LogP contribution >= 0.6 is 0 Å². The fraction of sp³-hybridized carbons (Fsp3) is 0.462. The third kappa shape index (κ3) is 3.66. The lowest BCUT2D eigenvalue weighted by Crippen LogP contribution is -2.35. The Morgan fingerprint density at radius 2 is 1.88 bits per heavy atom. The van der Waals surface area contributed by atoms with Gasteiger partial charge >= 0.3 is 5.97 Å². The molecule has 16 heavy (non-hydrogen) atoms. The lowest BCUT2D eigenvalue weighted by Gasteiger charge is -2.19. The van der Waals surface area contributed by atoms with Crippen molar-refractivity contribution in [1.29, 1.82) is 0 Å². The van der Waals surface area contributed by atoms with Gasteiger partial charge in [-0.1, -0.05) is 29.8 Å². The first kappa shape index (κ1) is 12.7. The molecule has 1 unspecified atom stereocenters. The number of hydrogen-bond acceptors (Lipinski definition) is 2. The predicted molar refractivity (Wildman–Crippen MR) is 64.6 cm³/mol. The van der Waals surface area contributed by atoms with Crippen molar-refractivity contribution in [2.24, 2.45) is 0 Å². The van der Waals surface area contributed by atoms with Crippen LogP contribution in [0.5, 0.6) is 0 Å². The van der Waals surface area contributed by atoms with Gasteiger partial charge < -0.3 is 5.11 Å². The second-order valence-corrected chi connectivity index (χ2v) is 4.34. The lowest BCUT2D eigenvalue weighted by molar-refractivity contribution is -0.142. The van der Waals surface area contributed by atoms with Crippen LogP contribution in [0.3, 0.4) is 0 Å². The molecule has 0 saturated carbocycles. The molecule has 1 aromatic rings. The average molecular weight is 221 g/mol. The molecule has 0 heterocycles. The third-order valence-corrected chi connectivity index (χ3v) is 2.74. The van der Waals surface area contributed by atoms with Crippen molar-refractivity contribution in [1.82, 2.24) is 4.90 Å². The minimum atomic E-state index is -0.753. The van der Waals surface area contributed by atoms with Gasteiger partial charge in [0.25, 0.3) is 0 Å². The third-order valence-electron chi connectivity index (χ3n) is 2.74. The van der Waals surface area contributed by atoms with Gasteiger partial charge in [0.2, 0.25) is 0 Å². The maximum atomic E-state index is 11.0. The minimum absolute atomic E-state index is 0.402. The van der Waals surface area contributed by atoms with Crippen LogP contribution in [0.4, 0.5) is 0 Å². The Labute approximate surface area is 96.7 Å². The number of carbonyl (C=O) groups is 1. The number of rotatable bonds is 5. The Bertz CT molecular complexity index is 343. The zero-order valence-corrected chi connectivity index (χ0v) is 10.1. The first-order valence-corrected chi connectivity index (χ1v) is 5.45. The first-order chi connectivity index (χ1) is 7.50. The van der Waals surface area contributed by atoms with Crippen LogP contribution in [-0.4, -0.2) is 36.1 Å². The summed E-state index contributed by atoms with van der Waals surface area (Å²) in [5, 5.41) is 9.02. The number of hydrogen-bond donors (Lipinski definition) is 1. The van der Waals surface area contributed by atoms with Gasteiger partial charge in [0.15, 0.2) is 0 Å². The van der Waals surface area contributed by atoms with Crippen LogP contribution in [0.1, 0.15) is 17.5 Å². The van der Waals surface area contributed by atoms with Crippen LogP contribution < -0.4 is 0 Å². The summed E-state index contributed by atoms with van der Waals surface area (Å²) in [5.41, 5.74) is 2.42. The quantitative estimate of drug-likeness (QED) is 0.826. The number of aryl methyl sites for hydroxylation is 2. The topological polar surface area (TPSA) is 40.5 Å². The van der Waals surface area contributed by atoms with Crippen LogP contribution in [0.25, 0.3) is 0 Å². The van der Waals surface area contributed by atoms with Crippen LogP contribution in [0, 0.1) is 6.92 Å². The summed E-state index contributed by atoms with van der Waals surface area (Å²) < 4.78 is 0. The van der Waals surface area contributed by atoms with Gasteiger partial charge in [-0.2, -0.15) is 0 Å². The monoisotopic (exact) mass is 221 g/mol. The highest BCUT2D eigenvalue weighted by molar-refractivity contribution is 5.73. The molecule has 88 valence electrons. The highest BCUT2D eigenvalue weighted by Crippen LogP contribution is 2.09. The van der Waals surface area contributed by atoms with Crippen molar-refractivity contribution in [2.45, 2.75) is 25.8 Å². The minimum Gasteiger partial charge on any atom is -0.480 e. The van der Waals surface area contributed by atoms with E-state index in [2.05, 4.69) is 24.3 Å². The van der Waals surface area contributed by atoms with Crippen molar-refractivity contribution in [3.05, 3.63) is 35.4 Å². The summed E-state index contributed by atoms with van der Waals surface area (Å²) >= 11 is 0. The molecule has 0 aliphatic rings. The molecule has 3 heteroatoms. The Hall–Kier alpha value is -1.35. The van der Waals surface area contributed by atoms with Gasteiger partial charge in [0.05, 0.1) is 0 Å². The number of aliphatic carboxylic acids is 1. The van der Waals surface area contributed by atoms with E-state index in [1.807, 2.05) is 6.92 Å². The Morgan fingerprint density at radius 3 is 2.31 bits per heavy atom. The standard InChI is InChI=1S/C13H19NO2/c1-10-4-6-11(7-5-10)8-9-12(13(15)16)14(2)3/h4-7,12H,8-9H2,1-3H3,(H,15,16). The Morgan fingerprint density at radius 1 is 1.31 bits per heavy atom. The SMILES string of the molecule is Cc1ccc(CCC(C(=O)O)N(C)C)cc1. The molecule has 0 radical (unpaired) electrons. The zero-order chi connectivity index (χ0) is 12.1. The fourth-order valence-electron chi connectivity index (χ4n) is 1.66. The molecule has 0 saturated heterocycles. The van der Waals surface area contributed by atoms with E-state index in [9.17, 15) is 4.79 Å². The van der Waals surface area contributed by atoms with Gasteiger partial charge in [-0.05, 0) is 39.4 Å². The van der Waals surface area contributed by atoms with Gasteiger partial charge in [-0.3, -0.25) is 9.69 Å². The van der Waals surface area contributed by atoms with Crippen molar-refractivity contribution in [3.63, 3.8) is 0 Å². The molecule has 0 fully saturated rings.